The predicted octanol–water partition coefficient (Wildman–Crippen LogP) is 2.03. The summed E-state index contributed by atoms with van der Waals surface area (Å²) in [7, 11) is 1.59. The van der Waals surface area contributed by atoms with Crippen molar-refractivity contribution in [1.29, 1.82) is 0 Å². The number of nitrogens with zero attached hydrogens (tertiary/aromatic N) is 5. The monoisotopic (exact) mass is 338 g/mol. The molecule has 2 N–H and O–H groups in total. The second-order valence-electron chi connectivity index (χ2n) is 5.36. The van der Waals surface area contributed by atoms with E-state index in [1.807, 2.05) is 30.3 Å². The zero-order chi connectivity index (χ0) is 17.6. The number of hydrogen-bond acceptors (Lipinski definition) is 7. The van der Waals surface area contributed by atoms with E-state index < -0.39 is 0 Å². The van der Waals surface area contributed by atoms with Gasteiger partial charge in [0.05, 0.1) is 13.3 Å². The van der Waals surface area contributed by atoms with Crippen molar-refractivity contribution in [3.8, 4) is 11.5 Å². The summed E-state index contributed by atoms with van der Waals surface area (Å²) in [6, 6.07) is 13.7. The maximum absolute atomic E-state index is 5.85. The second-order valence-corrected chi connectivity index (χ2v) is 5.36. The van der Waals surface area contributed by atoms with Crippen LogP contribution in [0.2, 0.25) is 0 Å². The van der Waals surface area contributed by atoms with Crippen molar-refractivity contribution in [3.05, 3.63) is 59.2 Å². The summed E-state index contributed by atoms with van der Waals surface area (Å²) < 4.78 is 11.2. The Labute approximate surface area is 144 Å². The quantitative estimate of drug-likeness (QED) is 0.690. The lowest BCUT2D eigenvalue weighted by molar-refractivity contribution is 0.284. The van der Waals surface area contributed by atoms with Gasteiger partial charge in [-0.15, -0.1) is 0 Å². The van der Waals surface area contributed by atoms with Crippen molar-refractivity contribution < 1.29 is 9.47 Å². The van der Waals surface area contributed by atoms with Crippen molar-refractivity contribution in [3.63, 3.8) is 0 Å². The van der Waals surface area contributed by atoms with Gasteiger partial charge in [0.1, 0.15) is 6.61 Å². The van der Waals surface area contributed by atoms with E-state index in [0.29, 0.717) is 18.1 Å². The largest absolute Gasteiger partial charge is 0.493 e. The number of nitrogen functional groups attached to an aromatic ring is 1. The topological polar surface area (TPSA) is 100 Å². The lowest BCUT2D eigenvalue weighted by Crippen LogP contribution is -2.00. The number of aromatic nitrogens is 4. The maximum Gasteiger partial charge on any atom is 0.263 e. The SMILES string of the molecule is COc1cc(C=Nn2nnnc2N)ccc1OCc1ccc(C)cc1. The number of benzene rings is 2. The second kappa shape index (κ2) is 7.43. The van der Waals surface area contributed by atoms with Gasteiger partial charge in [0, 0.05) is 0 Å². The van der Waals surface area contributed by atoms with E-state index in [-0.39, 0.29) is 5.95 Å². The molecule has 1 aromatic heterocycles. The maximum atomic E-state index is 5.85. The predicted molar refractivity (Wildman–Crippen MR) is 93.7 cm³/mol. The summed E-state index contributed by atoms with van der Waals surface area (Å²) in [5.41, 5.74) is 8.66. The first-order valence-corrected chi connectivity index (χ1v) is 7.60. The van der Waals surface area contributed by atoms with Crippen molar-refractivity contribution in [1.82, 2.24) is 20.3 Å². The highest BCUT2D eigenvalue weighted by Crippen LogP contribution is 2.28. The molecular formula is C17H18N6O2. The molecule has 128 valence electrons. The molecule has 0 unspecified atom stereocenters. The van der Waals surface area contributed by atoms with E-state index in [1.165, 1.54) is 5.56 Å². The van der Waals surface area contributed by atoms with Gasteiger partial charge in [0.2, 0.25) is 0 Å². The minimum atomic E-state index is 0.112. The minimum absolute atomic E-state index is 0.112. The molecule has 0 radical (unpaired) electrons. The third-order valence-electron chi connectivity index (χ3n) is 3.50. The molecule has 8 nitrogen and oxygen atoms in total. The highest BCUT2D eigenvalue weighted by Gasteiger charge is 2.06. The van der Waals surface area contributed by atoms with Crippen molar-refractivity contribution in [2.45, 2.75) is 13.5 Å². The van der Waals surface area contributed by atoms with Crippen LogP contribution >= 0.6 is 0 Å². The number of nitrogens with two attached hydrogens (primary N) is 1. The van der Waals surface area contributed by atoms with Crippen molar-refractivity contribution >= 4 is 12.2 Å². The molecule has 0 aliphatic rings. The van der Waals surface area contributed by atoms with Gasteiger partial charge in [-0.1, -0.05) is 39.7 Å². The molecule has 0 bridgehead atoms. The van der Waals surface area contributed by atoms with Crippen molar-refractivity contribution in [2.75, 3.05) is 12.8 Å². The molecule has 0 saturated carbocycles. The van der Waals surface area contributed by atoms with Gasteiger partial charge in [0.15, 0.2) is 11.5 Å². The van der Waals surface area contributed by atoms with Gasteiger partial charge >= 0.3 is 0 Å². The van der Waals surface area contributed by atoms with Crippen molar-refractivity contribution in [2.24, 2.45) is 5.10 Å². The average Bonchev–Trinajstić information content (AvgIpc) is 3.04. The highest BCUT2D eigenvalue weighted by molar-refractivity contribution is 5.80. The molecule has 0 aliphatic heterocycles. The zero-order valence-corrected chi connectivity index (χ0v) is 14.0. The fourth-order valence-corrected chi connectivity index (χ4v) is 2.12. The van der Waals surface area contributed by atoms with Crippen LogP contribution in [-0.4, -0.2) is 33.6 Å². The van der Waals surface area contributed by atoms with Crippen LogP contribution in [0.25, 0.3) is 0 Å². The first-order valence-electron chi connectivity index (χ1n) is 7.60. The normalized spacial score (nSPS) is 11.0. The number of tetrazole rings is 1. The number of hydrogen-bond donors (Lipinski definition) is 1. The Morgan fingerprint density at radius 3 is 2.64 bits per heavy atom. The fraction of sp³-hybridized carbons (Fsp3) is 0.176. The van der Waals surface area contributed by atoms with Gasteiger partial charge in [-0.3, -0.25) is 0 Å². The van der Waals surface area contributed by atoms with Crippen LogP contribution in [0, 0.1) is 6.92 Å². The molecule has 0 amide bonds. The Kier molecular flexibility index (Phi) is 4.89. The molecule has 1 heterocycles. The van der Waals surface area contributed by atoms with Crippen LogP contribution in [-0.2, 0) is 6.61 Å². The first kappa shape index (κ1) is 16.4. The molecule has 8 heteroatoms. The van der Waals surface area contributed by atoms with E-state index in [9.17, 15) is 0 Å². The lowest BCUT2D eigenvalue weighted by Gasteiger charge is -2.11. The molecule has 25 heavy (non-hydrogen) atoms. The number of aryl methyl sites for hydroxylation is 1. The lowest BCUT2D eigenvalue weighted by atomic mass is 10.2. The smallest absolute Gasteiger partial charge is 0.263 e. The number of methoxy groups -OCH3 is 1. The first-order chi connectivity index (χ1) is 12.2. The molecule has 0 saturated heterocycles. The Morgan fingerprint density at radius 2 is 1.96 bits per heavy atom. The molecule has 0 spiro atoms. The van der Waals surface area contributed by atoms with Gasteiger partial charge in [-0.05, 0) is 46.7 Å². The third kappa shape index (κ3) is 4.11. The number of rotatable bonds is 6. The van der Waals surface area contributed by atoms with Gasteiger partial charge in [-0.25, -0.2) is 0 Å². The van der Waals surface area contributed by atoms with Crippen LogP contribution in [0.15, 0.2) is 47.6 Å². The summed E-state index contributed by atoms with van der Waals surface area (Å²) in [6.45, 7) is 2.52. The molecule has 3 aromatic rings. The van der Waals surface area contributed by atoms with E-state index in [1.54, 1.807) is 13.3 Å². The molecule has 0 atom stereocenters. The van der Waals surface area contributed by atoms with Gasteiger partial charge in [0.25, 0.3) is 5.95 Å². The van der Waals surface area contributed by atoms with Crippen LogP contribution < -0.4 is 15.2 Å². The van der Waals surface area contributed by atoms with E-state index >= 15 is 0 Å². The molecule has 2 aromatic carbocycles. The average molecular weight is 338 g/mol. The third-order valence-corrected chi connectivity index (χ3v) is 3.50. The summed E-state index contributed by atoms with van der Waals surface area (Å²) in [5, 5.41) is 14.7. The molecular weight excluding hydrogens is 320 g/mol. The summed E-state index contributed by atoms with van der Waals surface area (Å²) in [6.07, 6.45) is 1.58. The minimum Gasteiger partial charge on any atom is -0.493 e. The number of ether oxygens (including phenoxy) is 2. The van der Waals surface area contributed by atoms with Gasteiger partial charge < -0.3 is 15.2 Å². The number of anilines is 1. The summed E-state index contributed by atoms with van der Waals surface area (Å²) >= 11 is 0. The van der Waals surface area contributed by atoms with Gasteiger partial charge in [-0.2, -0.15) is 5.10 Å². The van der Waals surface area contributed by atoms with Crippen LogP contribution in [0.4, 0.5) is 5.95 Å². The Bertz CT molecular complexity index is 873. The molecule has 0 aliphatic carbocycles. The van der Waals surface area contributed by atoms with Crippen LogP contribution in [0.1, 0.15) is 16.7 Å². The summed E-state index contributed by atoms with van der Waals surface area (Å²) in [4.78, 5) is 1.13. The fourth-order valence-electron chi connectivity index (χ4n) is 2.12. The Balaban J connectivity index is 1.72. The van der Waals surface area contributed by atoms with E-state index in [2.05, 4.69) is 39.7 Å². The standard InChI is InChI=1S/C17H18N6O2/c1-12-3-5-13(6-4-12)11-25-15-8-7-14(9-16(15)24-2)10-19-23-17(18)20-21-22-23/h3-10H,11H2,1-2H3,(H2,18,20,22). The van der Waals surface area contributed by atoms with Crippen LogP contribution in [0.5, 0.6) is 11.5 Å². The molecule has 0 fully saturated rings. The Hall–Kier alpha value is -3.42. The van der Waals surface area contributed by atoms with E-state index in [4.69, 9.17) is 15.2 Å². The highest BCUT2D eigenvalue weighted by atomic mass is 16.5. The zero-order valence-electron chi connectivity index (χ0n) is 14.0. The Morgan fingerprint density at radius 1 is 1.16 bits per heavy atom. The molecule has 3 rings (SSSR count). The van der Waals surface area contributed by atoms with Crippen LogP contribution in [0.3, 0.4) is 0 Å². The summed E-state index contributed by atoms with van der Waals surface area (Å²) in [5.74, 6) is 1.38. The van der Waals surface area contributed by atoms with E-state index in [0.717, 1.165) is 15.9 Å².